The fourth-order valence-corrected chi connectivity index (χ4v) is 4.42. The molecule has 1 fully saturated rings. The summed E-state index contributed by atoms with van der Waals surface area (Å²) in [6.45, 7) is 3.76. The van der Waals surface area contributed by atoms with Gasteiger partial charge >= 0.3 is 17.9 Å². The number of thioether (sulfide) groups is 1. The number of benzene rings is 1. The van der Waals surface area contributed by atoms with Crippen molar-refractivity contribution in [1.29, 1.82) is 0 Å². The largest absolute Gasteiger partial charge is 0.476 e. The first-order valence-electron chi connectivity index (χ1n) is 9.64. The molecule has 0 saturated carbocycles. The summed E-state index contributed by atoms with van der Waals surface area (Å²) in [4.78, 5) is 39.0. The van der Waals surface area contributed by atoms with Crippen LogP contribution < -0.4 is 4.74 Å². The third-order valence-corrected chi connectivity index (χ3v) is 5.62. The molecule has 4 atom stereocenters. The number of ether oxygens (including phenoxy) is 4. The lowest BCUT2D eigenvalue weighted by molar-refractivity contribution is -0.186. The number of nitrogens with zero attached hydrogens (tertiary/aromatic N) is 1. The highest BCUT2D eigenvalue weighted by atomic mass is 32.2. The molecule has 0 radical (unpaired) electrons. The van der Waals surface area contributed by atoms with Crippen molar-refractivity contribution in [2.75, 3.05) is 5.75 Å². The van der Waals surface area contributed by atoms with E-state index in [1.807, 2.05) is 24.3 Å². The van der Waals surface area contributed by atoms with Crippen LogP contribution in [0.5, 0.6) is 5.75 Å². The van der Waals surface area contributed by atoms with Crippen molar-refractivity contribution in [3.63, 3.8) is 0 Å². The molecule has 0 amide bonds. The van der Waals surface area contributed by atoms with Crippen molar-refractivity contribution < 1.29 is 33.3 Å². The molecule has 0 spiro atoms. The number of pyridine rings is 1. The molecule has 1 saturated heterocycles. The smallest absolute Gasteiger partial charge is 0.303 e. The number of aromatic nitrogens is 1. The van der Waals surface area contributed by atoms with Crippen LogP contribution in [-0.2, 0) is 28.6 Å². The van der Waals surface area contributed by atoms with Gasteiger partial charge in [-0.2, -0.15) is 0 Å². The van der Waals surface area contributed by atoms with Crippen LogP contribution in [0.15, 0.2) is 48.8 Å². The molecule has 0 unspecified atom stereocenters. The molecule has 0 N–H and O–H groups in total. The van der Waals surface area contributed by atoms with Gasteiger partial charge < -0.3 is 18.9 Å². The summed E-state index contributed by atoms with van der Waals surface area (Å²) < 4.78 is 22.2. The molecule has 3 rings (SSSR count). The Bertz CT molecular complexity index is 919. The highest BCUT2D eigenvalue weighted by Crippen LogP contribution is 2.34. The zero-order valence-corrected chi connectivity index (χ0v) is 18.2. The molecule has 164 valence electrons. The second kappa shape index (κ2) is 10.3. The van der Waals surface area contributed by atoms with Crippen LogP contribution in [0, 0.1) is 0 Å². The molecule has 2 aromatic rings. The monoisotopic (exact) mass is 445 g/mol. The maximum Gasteiger partial charge on any atom is 0.303 e. The van der Waals surface area contributed by atoms with Crippen LogP contribution in [0.1, 0.15) is 20.8 Å². The van der Waals surface area contributed by atoms with Gasteiger partial charge in [0.25, 0.3) is 0 Å². The Kier molecular flexibility index (Phi) is 7.51. The molecular weight excluding hydrogens is 422 g/mol. The lowest BCUT2D eigenvalue weighted by Crippen LogP contribution is -2.55. The number of esters is 3. The first kappa shape index (κ1) is 22.6. The third kappa shape index (κ3) is 6.21. The van der Waals surface area contributed by atoms with E-state index in [1.54, 1.807) is 24.5 Å². The van der Waals surface area contributed by atoms with E-state index in [4.69, 9.17) is 18.9 Å². The van der Waals surface area contributed by atoms with Crippen molar-refractivity contribution in [2.45, 2.75) is 44.5 Å². The number of hydrogen-bond acceptors (Lipinski definition) is 9. The maximum atomic E-state index is 11.7. The molecular formula is C22H23NO7S. The Morgan fingerprint density at radius 1 is 0.871 bits per heavy atom. The Labute approximate surface area is 184 Å². The summed E-state index contributed by atoms with van der Waals surface area (Å²) in [6, 6.07) is 11.2. The Morgan fingerprint density at radius 2 is 1.52 bits per heavy atom. The predicted octanol–water partition coefficient (Wildman–Crippen LogP) is 3.00. The summed E-state index contributed by atoms with van der Waals surface area (Å²) in [5.74, 6) is -0.796. The normalized spacial score (nSPS) is 22.8. The second-order valence-corrected chi connectivity index (χ2v) is 8.01. The lowest BCUT2D eigenvalue weighted by Gasteiger charge is -2.39. The molecule has 2 heterocycles. The predicted molar refractivity (Wildman–Crippen MR) is 113 cm³/mol. The van der Waals surface area contributed by atoms with E-state index in [0.717, 1.165) is 11.1 Å². The fourth-order valence-electron chi connectivity index (χ4n) is 3.20. The molecule has 1 aromatic carbocycles. The zero-order chi connectivity index (χ0) is 22.4. The minimum absolute atomic E-state index is 0.313. The summed E-state index contributed by atoms with van der Waals surface area (Å²) in [5, 5.41) is 0. The average Bonchev–Trinajstić information content (AvgIpc) is 2.72. The van der Waals surface area contributed by atoms with Crippen LogP contribution in [0.3, 0.4) is 0 Å². The molecule has 0 aliphatic carbocycles. The molecule has 1 aliphatic heterocycles. The van der Waals surface area contributed by atoms with E-state index in [9.17, 15) is 14.4 Å². The van der Waals surface area contributed by atoms with Crippen molar-refractivity contribution in [3.8, 4) is 16.9 Å². The van der Waals surface area contributed by atoms with Gasteiger partial charge in [0.1, 0.15) is 5.75 Å². The van der Waals surface area contributed by atoms with Gasteiger partial charge in [0, 0.05) is 38.9 Å². The van der Waals surface area contributed by atoms with E-state index >= 15 is 0 Å². The van der Waals surface area contributed by atoms with E-state index in [2.05, 4.69) is 4.98 Å². The highest BCUT2D eigenvalue weighted by Gasteiger charge is 2.47. The van der Waals surface area contributed by atoms with E-state index in [1.165, 1.54) is 32.5 Å². The fraction of sp³-hybridized carbons (Fsp3) is 0.364. The van der Waals surface area contributed by atoms with Gasteiger partial charge in [-0.05, 0) is 29.3 Å². The number of hydrogen-bond donors (Lipinski definition) is 0. The van der Waals surface area contributed by atoms with Crippen molar-refractivity contribution >= 4 is 29.7 Å². The molecule has 31 heavy (non-hydrogen) atoms. The maximum absolute atomic E-state index is 11.7. The molecule has 1 aromatic heterocycles. The third-order valence-electron chi connectivity index (χ3n) is 4.41. The summed E-state index contributed by atoms with van der Waals surface area (Å²) in [5.41, 5.74) is 1.28. The zero-order valence-electron chi connectivity index (χ0n) is 17.3. The standard InChI is InChI=1S/C22H23NO7S/c1-13(24)27-19-12-31-22(21(29-15(3)26)20(19)28-14(2)25)30-18-8-6-16(7-9-18)17-5-4-10-23-11-17/h4-11,19-22H,12H2,1-3H3/t19-,20+,21-,22+/m1/s1. The van der Waals surface area contributed by atoms with Gasteiger partial charge in [-0.25, -0.2) is 0 Å². The first-order valence-corrected chi connectivity index (χ1v) is 10.7. The van der Waals surface area contributed by atoms with Crippen LogP contribution in [0.25, 0.3) is 11.1 Å². The van der Waals surface area contributed by atoms with Gasteiger partial charge in [0.05, 0.1) is 0 Å². The van der Waals surface area contributed by atoms with Gasteiger partial charge in [0.2, 0.25) is 0 Å². The van der Waals surface area contributed by atoms with E-state index in [0.29, 0.717) is 11.5 Å². The lowest BCUT2D eigenvalue weighted by atomic mass is 10.1. The van der Waals surface area contributed by atoms with Crippen molar-refractivity contribution in [2.24, 2.45) is 0 Å². The Balaban J connectivity index is 1.80. The number of rotatable bonds is 6. The number of carbonyl (C=O) groups is 3. The summed E-state index contributed by atoms with van der Waals surface area (Å²) in [7, 11) is 0. The summed E-state index contributed by atoms with van der Waals surface area (Å²) >= 11 is 1.31. The van der Waals surface area contributed by atoms with Gasteiger partial charge in [-0.3, -0.25) is 19.4 Å². The Morgan fingerprint density at radius 3 is 2.10 bits per heavy atom. The van der Waals surface area contributed by atoms with Gasteiger partial charge in [0.15, 0.2) is 23.7 Å². The first-order chi connectivity index (χ1) is 14.8. The minimum atomic E-state index is -0.980. The molecule has 9 heteroatoms. The van der Waals surface area contributed by atoms with Gasteiger partial charge in [-0.15, -0.1) is 11.8 Å². The highest BCUT2D eigenvalue weighted by molar-refractivity contribution is 7.99. The second-order valence-electron chi connectivity index (χ2n) is 6.88. The van der Waals surface area contributed by atoms with E-state index < -0.39 is 41.7 Å². The molecule has 8 nitrogen and oxygen atoms in total. The van der Waals surface area contributed by atoms with E-state index in [-0.39, 0.29) is 0 Å². The summed E-state index contributed by atoms with van der Waals surface area (Å²) in [6.07, 6.45) is 0.777. The van der Waals surface area contributed by atoms with Crippen LogP contribution in [0.2, 0.25) is 0 Å². The quantitative estimate of drug-likeness (QED) is 0.490. The minimum Gasteiger partial charge on any atom is -0.476 e. The number of carbonyl (C=O) groups excluding carboxylic acids is 3. The SMILES string of the molecule is CC(=O)O[C@@H]1[C@@H](OC(C)=O)[C@@H](Oc2ccc(-c3cccnc3)cc2)SC[C@H]1OC(C)=O. The molecule has 0 bridgehead atoms. The van der Waals surface area contributed by atoms with Crippen LogP contribution in [-0.4, -0.2) is 52.4 Å². The van der Waals surface area contributed by atoms with Crippen LogP contribution in [0.4, 0.5) is 0 Å². The molecule has 1 aliphatic rings. The van der Waals surface area contributed by atoms with Crippen molar-refractivity contribution in [3.05, 3.63) is 48.8 Å². The average molecular weight is 445 g/mol. The van der Waals surface area contributed by atoms with Crippen LogP contribution >= 0.6 is 11.8 Å². The van der Waals surface area contributed by atoms with Gasteiger partial charge in [-0.1, -0.05) is 18.2 Å². The Hall–Kier alpha value is -3.07. The topological polar surface area (TPSA) is 101 Å². The van der Waals surface area contributed by atoms with Crippen molar-refractivity contribution in [1.82, 2.24) is 4.98 Å².